The molecule has 0 aromatic carbocycles. The van der Waals surface area contributed by atoms with Crippen LogP contribution in [0.1, 0.15) is 20.8 Å². The molecule has 8 heavy (non-hydrogen) atoms. The monoisotopic (exact) mass is 182 g/mol. The van der Waals surface area contributed by atoms with E-state index in [-0.39, 0.29) is 0 Å². The molecule has 0 aromatic heterocycles. The second-order valence-electron chi connectivity index (χ2n) is 2.79. The van der Waals surface area contributed by atoms with Gasteiger partial charge in [-0.05, 0) is 0 Å². The first kappa shape index (κ1) is 8.42. The van der Waals surface area contributed by atoms with Crippen molar-refractivity contribution < 1.29 is 8.78 Å². The van der Waals surface area contributed by atoms with E-state index in [1.807, 2.05) is 0 Å². The van der Waals surface area contributed by atoms with Crippen molar-refractivity contribution in [1.82, 2.24) is 0 Å². The number of halogens is 2. The Morgan fingerprint density at radius 1 is 1.12 bits per heavy atom. The molecule has 0 saturated carbocycles. The van der Waals surface area contributed by atoms with E-state index in [1.165, 1.54) is 37.6 Å². The van der Waals surface area contributed by atoms with E-state index in [4.69, 9.17) is 0 Å². The molecule has 0 unspecified atom stereocenters. The van der Waals surface area contributed by atoms with Crippen LogP contribution in [0.5, 0.6) is 0 Å². The van der Waals surface area contributed by atoms with Crippen molar-refractivity contribution in [2.24, 2.45) is 5.41 Å². The van der Waals surface area contributed by atoms with Crippen LogP contribution in [0.15, 0.2) is 0 Å². The van der Waals surface area contributed by atoms with Crippen LogP contribution >= 0.6 is 0 Å². The molecule has 0 bridgehead atoms. The van der Waals surface area contributed by atoms with Crippen molar-refractivity contribution in [1.29, 1.82) is 0 Å². The van der Waals surface area contributed by atoms with Gasteiger partial charge in [-0.2, -0.15) is 0 Å². The van der Waals surface area contributed by atoms with Crippen LogP contribution in [0.3, 0.4) is 0 Å². The third-order valence-corrected chi connectivity index (χ3v) is 2.31. The normalized spacial score (nSPS) is 14.2. The van der Waals surface area contributed by atoms with Crippen LogP contribution in [-0.4, -0.2) is 21.6 Å². The predicted molar refractivity (Wildman–Crippen MR) is 30.2 cm³/mol. The molecule has 0 saturated heterocycles. The van der Waals surface area contributed by atoms with Gasteiger partial charge >= 0.3 is 56.5 Å². The van der Waals surface area contributed by atoms with E-state index >= 15 is 0 Å². The van der Waals surface area contributed by atoms with Crippen molar-refractivity contribution in [3.63, 3.8) is 0 Å². The summed E-state index contributed by atoms with van der Waals surface area (Å²) < 4.78 is 21.8. The number of alkyl halides is 2. The first-order chi connectivity index (χ1) is 3.25. The van der Waals surface area contributed by atoms with Gasteiger partial charge in [-0.1, -0.05) is 0 Å². The molecule has 3 radical (unpaired) electrons. The van der Waals surface area contributed by atoms with Crippen LogP contribution < -0.4 is 0 Å². The molecule has 0 N–H and O–H groups in total. The van der Waals surface area contributed by atoms with Crippen molar-refractivity contribution in [3.8, 4) is 0 Å². The quantitative estimate of drug-likeness (QED) is 0.501. The fourth-order valence-electron chi connectivity index (χ4n) is 0. The summed E-state index contributed by atoms with van der Waals surface area (Å²) in [6.07, 6.45) is 0. The molecule has 47 valence electrons. The van der Waals surface area contributed by atoms with Crippen LogP contribution in [-0.2, 0) is 0 Å². The summed E-state index contributed by atoms with van der Waals surface area (Å²) in [6.45, 7) is 4.52. The molecular formula is C5H9AsF2+. The van der Waals surface area contributed by atoms with Crippen LogP contribution in [0, 0.1) is 5.41 Å². The fraction of sp³-hybridized carbons (Fsp3) is 1.00. The Balaban J connectivity index is 4.02. The molecule has 0 amide bonds. The SMILES string of the molecule is CC(C)(C)C(F)(F)[As+]. The van der Waals surface area contributed by atoms with E-state index < -0.39 is 10.1 Å². The Kier molecular flexibility index (Phi) is 2.09. The fourth-order valence-corrected chi connectivity index (χ4v) is 0. The van der Waals surface area contributed by atoms with Crippen molar-refractivity contribution in [2.45, 2.75) is 25.5 Å². The van der Waals surface area contributed by atoms with Crippen LogP contribution in [0.2, 0.25) is 0 Å². The summed E-state index contributed by atoms with van der Waals surface area (Å²) in [5.74, 6) is 0. The van der Waals surface area contributed by atoms with E-state index in [2.05, 4.69) is 0 Å². The molecule has 0 aliphatic rings. The van der Waals surface area contributed by atoms with Crippen molar-refractivity contribution in [3.05, 3.63) is 0 Å². The summed E-state index contributed by atoms with van der Waals surface area (Å²) in [4.78, 5) is 0. The zero-order chi connectivity index (χ0) is 7.00. The van der Waals surface area contributed by atoms with Gasteiger partial charge in [-0.25, -0.2) is 0 Å². The van der Waals surface area contributed by atoms with Crippen LogP contribution in [0.25, 0.3) is 0 Å². The van der Waals surface area contributed by atoms with Gasteiger partial charge in [0, 0.05) is 0 Å². The Morgan fingerprint density at radius 3 is 1.25 bits per heavy atom. The molecule has 0 heterocycles. The predicted octanol–water partition coefficient (Wildman–Crippen LogP) is 1.79. The van der Waals surface area contributed by atoms with Gasteiger partial charge in [0.25, 0.3) is 0 Å². The van der Waals surface area contributed by atoms with Gasteiger partial charge in [-0.3, -0.25) is 0 Å². The van der Waals surface area contributed by atoms with Crippen LogP contribution in [0.4, 0.5) is 8.78 Å². The standard InChI is InChI=1S/C5H9AsF2/c1-4(2,3)5(6,7)8/h1-3H3/q+1. The molecule has 3 heteroatoms. The summed E-state index contributed by atoms with van der Waals surface area (Å²) in [5, 5.41) is 0. The van der Waals surface area contributed by atoms with Gasteiger partial charge in [0.2, 0.25) is 0 Å². The zero-order valence-corrected chi connectivity index (χ0v) is 7.08. The second kappa shape index (κ2) is 1.98. The van der Waals surface area contributed by atoms with Gasteiger partial charge in [-0.15, -0.1) is 0 Å². The molecule has 0 aliphatic heterocycles. The Labute approximate surface area is 57.2 Å². The third-order valence-electron chi connectivity index (χ3n) is 0.902. The average molecular weight is 182 g/mol. The van der Waals surface area contributed by atoms with Crippen molar-refractivity contribution >= 4 is 16.9 Å². The molecule has 0 fully saturated rings. The molecule has 0 rings (SSSR count). The zero-order valence-electron chi connectivity index (χ0n) is 5.20. The van der Waals surface area contributed by atoms with Gasteiger partial charge < -0.3 is 0 Å². The van der Waals surface area contributed by atoms with Gasteiger partial charge in [0.1, 0.15) is 0 Å². The maximum absolute atomic E-state index is 12.2. The van der Waals surface area contributed by atoms with E-state index in [0.717, 1.165) is 0 Å². The molecule has 0 aliphatic carbocycles. The molecule has 0 atom stereocenters. The molecule has 0 spiro atoms. The summed E-state index contributed by atoms with van der Waals surface area (Å²) >= 11 is 1.38. The number of hydrogen-bond acceptors (Lipinski definition) is 0. The summed E-state index contributed by atoms with van der Waals surface area (Å²) in [6, 6.07) is 0. The minimum atomic E-state index is -2.62. The summed E-state index contributed by atoms with van der Waals surface area (Å²) in [5.41, 5.74) is -0.924. The Bertz CT molecular complexity index is 65.4. The number of rotatable bonds is 0. The number of hydrogen-bond donors (Lipinski definition) is 0. The second-order valence-corrected chi connectivity index (χ2v) is 3.97. The van der Waals surface area contributed by atoms with E-state index in [0.29, 0.717) is 0 Å². The topological polar surface area (TPSA) is 0 Å². The summed E-state index contributed by atoms with van der Waals surface area (Å²) in [7, 11) is 0. The van der Waals surface area contributed by atoms with E-state index in [1.54, 1.807) is 0 Å². The molecule has 0 aromatic rings. The van der Waals surface area contributed by atoms with Crippen molar-refractivity contribution in [2.75, 3.05) is 0 Å². The third kappa shape index (κ3) is 2.12. The van der Waals surface area contributed by atoms with E-state index in [9.17, 15) is 8.78 Å². The first-order valence-corrected chi connectivity index (χ1v) is 3.29. The maximum atomic E-state index is 12.2. The Hall–Kier alpha value is 0.418. The van der Waals surface area contributed by atoms with Gasteiger partial charge in [0.15, 0.2) is 0 Å². The Morgan fingerprint density at radius 2 is 1.25 bits per heavy atom. The van der Waals surface area contributed by atoms with Gasteiger partial charge in [0.05, 0.1) is 0 Å². The average Bonchev–Trinajstić information content (AvgIpc) is 1.25. The minimum absolute atomic E-state index is 0.924. The first-order valence-electron chi connectivity index (χ1n) is 2.35. The molecule has 0 nitrogen and oxygen atoms in total. The molecular weight excluding hydrogens is 173 g/mol.